The molecule has 3 rings (SSSR count). The van der Waals surface area contributed by atoms with Gasteiger partial charge in [-0.2, -0.15) is 5.10 Å². The van der Waals surface area contributed by atoms with Crippen LogP contribution in [0.2, 0.25) is 0 Å². The van der Waals surface area contributed by atoms with Crippen molar-refractivity contribution in [3.05, 3.63) is 30.9 Å². The molecule has 1 fully saturated rings. The summed E-state index contributed by atoms with van der Waals surface area (Å²) in [5.74, 6) is 1.62. The number of anilines is 2. The summed E-state index contributed by atoms with van der Waals surface area (Å²) in [4.78, 5) is 25.0. The Morgan fingerprint density at radius 2 is 2.27 bits per heavy atom. The first-order valence-electron chi connectivity index (χ1n) is 8.59. The minimum atomic E-state index is -0.0637. The number of ether oxygens (including phenoxy) is 1. The molecule has 2 aromatic heterocycles. The largest absolute Gasteiger partial charge is 0.380 e. The molecule has 2 atom stereocenters. The van der Waals surface area contributed by atoms with Gasteiger partial charge in [-0.3, -0.25) is 9.48 Å². The van der Waals surface area contributed by atoms with Crippen LogP contribution < -0.4 is 15.1 Å². The second-order valence-corrected chi connectivity index (χ2v) is 6.54. The molecule has 1 aliphatic rings. The molecule has 1 amide bonds. The summed E-state index contributed by atoms with van der Waals surface area (Å²) in [6.07, 6.45) is 5.94. The molecule has 0 bridgehead atoms. The summed E-state index contributed by atoms with van der Waals surface area (Å²) in [5.41, 5.74) is 0. The molecular formula is C17H25N7O2. The number of rotatable bonds is 7. The molecule has 0 aliphatic carbocycles. The molecule has 0 unspecified atom stereocenters. The Morgan fingerprint density at radius 1 is 1.42 bits per heavy atom. The van der Waals surface area contributed by atoms with Gasteiger partial charge < -0.3 is 19.9 Å². The minimum Gasteiger partial charge on any atom is -0.380 e. The van der Waals surface area contributed by atoms with Gasteiger partial charge in [0.05, 0.1) is 12.1 Å². The van der Waals surface area contributed by atoms with Gasteiger partial charge in [0, 0.05) is 52.8 Å². The molecule has 2 aromatic rings. The fourth-order valence-electron chi connectivity index (χ4n) is 3.09. The van der Waals surface area contributed by atoms with E-state index in [-0.39, 0.29) is 24.6 Å². The van der Waals surface area contributed by atoms with Gasteiger partial charge in [-0.05, 0) is 12.5 Å². The summed E-state index contributed by atoms with van der Waals surface area (Å²) in [7, 11) is 5.61. The third-order valence-corrected chi connectivity index (χ3v) is 4.50. The maximum Gasteiger partial charge on any atom is 0.241 e. The molecule has 26 heavy (non-hydrogen) atoms. The van der Waals surface area contributed by atoms with Crippen molar-refractivity contribution in [2.45, 2.75) is 25.1 Å². The van der Waals surface area contributed by atoms with E-state index in [9.17, 15) is 4.79 Å². The fraction of sp³-hybridized carbons (Fsp3) is 0.529. The highest BCUT2D eigenvalue weighted by Crippen LogP contribution is 2.26. The van der Waals surface area contributed by atoms with Crippen LogP contribution in [-0.2, 0) is 16.1 Å². The van der Waals surface area contributed by atoms with E-state index >= 15 is 0 Å². The maximum atomic E-state index is 12.2. The number of carbonyl (C=O) groups is 1. The Hall–Kier alpha value is -2.68. The molecule has 9 heteroatoms. The molecule has 0 saturated carbocycles. The molecular weight excluding hydrogens is 334 g/mol. The highest BCUT2D eigenvalue weighted by atomic mass is 16.5. The van der Waals surface area contributed by atoms with Gasteiger partial charge in [0.2, 0.25) is 5.91 Å². The normalized spacial score (nSPS) is 19.6. The zero-order valence-corrected chi connectivity index (χ0v) is 15.4. The Morgan fingerprint density at radius 3 is 2.96 bits per heavy atom. The topological polar surface area (TPSA) is 88.4 Å². The molecule has 1 aliphatic heterocycles. The van der Waals surface area contributed by atoms with Crippen LogP contribution in [-0.4, -0.2) is 72.1 Å². The van der Waals surface area contributed by atoms with Crippen LogP contribution >= 0.6 is 0 Å². The van der Waals surface area contributed by atoms with Gasteiger partial charge >= 0.3 is 0 Å². The average molecular weight is 359 g/mol. The van der Waals surface area contributed by atoms with Crippen molar-refractivity contribution >= 4 is 17.5 Å². The van der Waals surface area contributed by atoms with E-state index < -0.39 is 0 Å². The lowest BCUT2D eigenvalue weighted by Crippen LogP contribution is -2.41. The number of aromatic nitrogens is 4. The zero-order valence-electron chi connectivity index (χ0n) is 15.4. The van der Waals surface area contributed by atoms with Gasteiger partial charge in [-0.1, -0.05) is 0 Å². The van der Waals surface area contributed by atoms with Crippen molar-refractivity contribution in [1.82, 2.24) is 25.1 Å². The van der Waals surface area contributed by atoms with Crippen LogP contribution in [0.1, 0.15) is 6.42 Å². The molecule has 1 saturated heterocycles. The summed E-state index contributed by atoms with van der Waals surface area (Å²) in [6.45, 7) is 1.48. The first-order chi connectivity index (χ1) is 12.6. The second-order valence-electron chi connectivity index (χ2n) is 6.54. The Labute approximate surface area is 153 Å². The van der Waals surface area contributed by atoms with Crippen molar-refractivity contribution in [2.24, 2.45) is 0 Å². The number of hydrogen-bond donors (Lipinski definition) is 1. The molecule has 9 nitrogen and oxygen atoms in total. The summed E-state index contributed by atoms with van der Waals surface area (Å²) in [5, 5.41) is 7.05. The quantitative estimate of drug-likeness (QED) is 0.753. The number of amides is 1. The molecule has 1 N–H and O–H groups in total. The number of nitrogens with one attached hydrogen (secondary N) is 1. The van der Waals surface area contributed by atoms with Gasteiger partial charge in [-0.25, -0.2) is 9.97 Å². The smallest absolute Gasteiger partial charge is 0.241 e. The van der Waals surface area contributed by atoms with Crippen LogP contribution in [0.3, 0.4) is 0 Å². The van der Waals surface area contributed by atoms with E-state index in [4.69, 9.17) is 4.74 Å². The van der Waals surface area contributed by atoms with Crippen LogP contribution in [0.25, 0.3) is 0 Å². The zero-order chi connectivity index (χ0) is 18.5. The minimum absolute atomic E-state index is 0.0637. The standard InChI is InChI=1S/C17H25N7O2/c1-22(2)15-8-16(20-12-19-15)24-10-14(26-3)7-13(24)9-18-17(25)11-23-6-4-5-21-23/h4-6,8,12-14H,7,9-11H2,1-3H3,(H,18,25)/t13-,14-/m1/s1. The third-order valence-electron chi connectivity index (χ3n) is 4.50. The van der Waals surface area contributed by atoms with E-state index in [1.165, 1.54) is 0 Å². The van der Waals surface area contributed by atoms with Gasteiger partial charge in [0.1, 0.15) is 24.5 Å². The van der Waals surface area contributed by atoms with E-state index in [1.807, 2.05) is 25.1 Å². The highest BCUT2D eigenvalue weighted by molar-refractivity contribution is 5.75. The van der Waals surface area contributed by atoms with E-state index in [0.29, 0.717) is 6.54 Å². The van der Waals surface area contributed by atoms with Crippen molar-refractivity contribution in [3.8, 4) is 0 Å². The lowest BCUT2D eigenvalue weighted by molar-refractivity contribution is -0.121. The molecule has 3 heterocycles. The molecule has 0 aromatic carbocycles. The van der Waals surface area contributed by atoms with Crippen molar-refractivity contribution in [2.75, 3.05) is 44.1 Å². The Bertz CT molecular complexity index is 720. The maximum absolute atomic E-state index is 12.2. The summed E-state index contributed by atoms with van der Waals surface area (Å²) in [6, 6.07) is 3.87. The fourth-order valence-corrected chi connectivity index (χ4v) is 3.09. The molecule has 0 radical (unpaired) electrons. The van der Waals surface area contributed by atoms with Crippen LogP contribution in [0.4, 0.5) is 11.6 Å². The van der Waals surface area contributed by atoms with E-state index in [0.717, 1.165) is 24.6 Å². The van der Waals surface area contributed by atoms with Crippen molar-refractivity contribution < 1.29 is 9.53 Å². The third kappa shape index (κ3) is 4.29. The monoisotopic (exact) mass is 359 g/mol. The van der Waals surface area contributed by atoms with Crippen LogP contribution in [0.5, 0.6) is 0 Å². The van der Waals surface area contributed by atoms with Crippen molar-refractivity contribution in [3.63, 3.8) is 0 Å². The first kappa shape index (κ1) is 18.1. The Balaban J connectivity index is 1.66. The van der Waals surface area contributed by atoms with Gasteiger partial charge in [0.25, 0.3) is 0 Å². The van der Waals surface area contributed by atoms with Gasteiger partial charge in [-0.15, -0.1) is 0 Å². The second kappa shape index (κ2) is 8.13. The first-order valence-corrected chi connectivity index (χ1v) is 8.59. The summed E-state index contributed by atoms with van der Waals surface area (Å²) < 4.78 is 7.15. The Kier molecular flexibility index (Phi) is 5.67. The van der Waals surface area contributed by atoms with E-state index in [2.05, 4.69) is 25.3 Å². The number of carbonyl (C=O) groups excluding carboxylic acids is 1. The van der Waals surface area contributed by atoms with Crippen LogP contribution in [0, 0.1) is 0 Å². The number of methoxy groups -OCH3 is 1. The number of nitrogens with zero attached hydrogens (tertiary/aromatic N) is 6. The number of hydrogen-bond acceptors (Lipinski definition) is 7. The van der Waals surface area contributed by atoms with Crippen LogP contribution in [0.15, 0.2) is 30.9 Å². The predicted molar refractivity (Wildman–Crippen MR) is 98.1 cm³/mol. The van der Waals surface area contributed by atoms with Crippen molar-refractivity contribution in [1.29, 1.82) is 0 Å². The summed E-state index contributed by atoms with van der Waals surface area (Å²) >= 11 is 0. The molecule has 0 spiro atoms. The van der Waals surface area contributed by atoms with E-state index in [1.54, 1.807) is 36.6 Å². The lowest BCUT2D eigenvalue weighted by Gasteiger charge is -2.26. The highest BCUT2D eigenvalue weighted by Gasteiger charge is 2.33. The molecule has 140 valence electrons. The lowest BCUT2D eigenvalue weighted by atomic mass is 10.2. The SMILES string of the molecule is CO[C@@H]1C[C@H](CNC(=O)Cn2cccn2)N(c2cc(N(C)C)ncn2)C1. The average Bonchev–Trinajstić information content (AvgIpc) is 3.29. The predicted octanol–water partition coefficient (Wildman–Crippen LogP) is 0.149. The van der Waals surface area contributed by atoms with Gasteiger partial charge in [0.15, 0.2) is 0 Å².